The zero-order valence-electron chi connectivity index (χ0n) is 12.4. The van der Waals surface area contributed by atoms with Crippen LogP contribution in [0, 0.1) is 16.7 Å². The van der Waals surface area contributed by atoms with Crippen molar-refractivity contribution in [2.75, 3.05) is 0 Å². The van der Waals surface area contributed by atoms with Gasteiger partial charge in [-0.2, -0.15) is 0 Å². The van der Waals surface area contributed by atoms with Gasteiger partial charge in [-0.25, -0.2) is 4.40 Å². The van der Waals surface area contributed by atoms with Gasteiger partial charge in [-0.05, 0) is 41.7 Å². The van der Waals surface area contributed by atoms with Crippen LogP contribution in [0.4, 0.5) is 0 Å². The van der Waals surface area contributed by atoms with Crippen LogP contribution in [0.25, 0.3) is 0 Å². The normalized spacial score (nSPS) is 38.7. The standard InChI is InChI=1S/C17H23NOS/c1-16(2)13-9-10-17(16,3)15(19)14(13)20-18-11-12-7-5-4-6-8-12/h4-8,11,13-15,19H,9-10H2,1-3H3/b18-11+/t13?,14-,15-,17?/m1/s1. The number of benzene rings is 1. The molecule has 2 aliphatic rings. The first-order valence-corrected chi connectivity index (χ1v) is 8.23. The van der Waals surface area contributed by atoms with Crippen molar-refractivity contribution in [2.45, 2.75) is 45.0 Å². The summed E-state index contributed by atoms with van der Waals surface area (Å²) in [6, 6.07) is 10.1. The van der Waals surface area contributed by atoms with Gasteiger partial charge >= 0.3 is 0 Å². The summed E-state index contributed by atoms with van der Waals surface area (Å²) in [5.41, 5.74) is 1.38. The van der Waals surface area contributed by atoms with E-state index < -0.39 is 0 Å². The average Bonchev–Trinajstić information content (AvgIpc) is 2.74. The highest BCUT2D eigenvalue weighted by Gasteiger charge is 2.66. The first-order valence-electron chi connectivity index (χ1n) is 7.39. The number of hydrogen-bond acceptors (Lipinski definition) is 3. The van der Waals surface area contributed by atoms with Gasteiger partial charge in [0, 0.05) is 11.6 Å². The quantitative estimate of drug-likeness (QED) is 0.675. The van der Waals surface area contributed by atoms with Gasteiger partial charge in [-0.3, -0.25) is 0 Å². The summed E-state index contributed by atoms with van der Waals surface area (Å²) in [6.45, 7) is 6.88. The first kappa shape index (κ1) is 14.2. The maximum Gasteiger partial charge on any atom is 0.0738 e. The molecular formula is C17H23NOS. The Kier molecular flexibility index (Phi) is 3.46. The summed E-state index contributed by atoms with van der Waals surface area (Å²) in [7, 11) is 0. The zero-order valence-corrected chi connectivity index (χ0v) is 13.2. The van der Waals surface area contributed by atoms with Gasteiger partial charge in [-0.1, -0.05) is 51.1 Å². The lowest BCUT2D eigenvalue weighted by atomic mass is 9.70. The SMILES string of the molecule is CC1(C)C2CCC1(C)[C@H](O)[C@@H]2S/N=C/c1ccccc1. The Balaban J connectivity index is 1.72. The van der Waals surface area contributed by atoms with Crippen LogP contribution in [-0.4, -0.2) is 22.7 Å². The molecule has 0 aromatic heterocycles. The van der Waals surface area contributed by atoms with Gasteiger partial charge in [0.15, 0.2) is 0 Å². The zero-order chi connectivity index (χ0) is 14.4. The molecule has 108 valence electrons. The maximum atomic E-state index is 10.7. The maximum absolute atomic E-state index is 10.7. The van der Waals surface area contributed by atoms with Crippen LogP contribution >= 0.6 is 11.9 Å². The molecule has 2 unspecified atom stereocenters. The van der Waals surface area contributed by atoms with E-state index in [9.17, 15) is 5.11 Å². The molecule has 4 atom stereocenters. The minimum Gasteiger partial charge on any atom is -0.391 e. The van der Waals surface area contributed by atoms with Crippen molar-refractivity contribution in [2.24, 2.45) is 21.1 Å². The molecule has 1 aromatic rings. The Bertz CT molecular complexity index is 513. The fraction of sp³-hybridized carbons (Fsp3) is 0.588. The number of hydrogen-bond donors (Lipinski definition) is 1. The number of rotatable bonds is 3. The molecule has 2 saturated carbocycles. The summed E-state index contributed by atoms with van der Waals surface area (Å²) < 4.78 is 4.52. The Morgan fingerprint density at radius 3 is 2.55 bits per heavy atom. The smallest absolute Gasteiger partial charge is 0.0738 e. The number of nitrogens with zero attached hydrogens (tertiary/aromatic N) is 1. The molecular weight excluding hydrogens is 266 g/mol. The van der Waals surface area contributed by atoms with Gasteiger partial charge in [0.05, 0.1) is 11.4 Å². The van der Waals surface area contributed by atoms with E-state index in [4.69, 9.17) is 0 Å². The molecule has 2 fully saturated rings. The average molecular weight is 289 g/mol. The largest absolute Gasteiger partial charge is 0.391 e. The lowest BCUT2D eigenvalue weighted by Gasteiger charge is -2.36. The van der Waals surface area contributed by atoms with Crippen LogP contribution in [0.15, 0.2) is 34.7 Å². The van der Waals surface area contributed by atoms with E-state index in [0.29, 0.717) is 5.92 Å². The molecule has 0 radical (unpaired) electrons. The van der Waals surface area contributed by atoms with E-state index in [-0.39, 0.29) is 22.2 Å². The molecule has 1 N–H and O–H groups in total. The molecule has 3 rings (SSSR count). The second-order valence-corrected chi connectivity index (χ2v) is 7.91. The van der Waals surface area contributed by atoms with Crippen LogP contribution in [-0.2, 0) is 0 Å². The molecule has 2 bridgehead atoms. The molecule has 0 amide bonds. The van der Waals surface area contributed by atoms with E-state index in [1.807, 2.05) is 36.5 Å². The second kappa shape index (κ2) is 4.88. The van der Waals surface area contributed by atoms with Crippen molar-refractivity contribution in [3.8, 4) is 0 Å². The van der Waals surface area contributed by atoms with Crippen molar-refractivity contribution < 1.29 is 5.11 Å². The minimum absolute atomic E-state index is 0.0532. The highest BCUT2D eigenvalue weighted by Crippen LogP contribution is 2.67. The summed E-state index contributed by atoms with van der Waals surface area (Å²) >= 11 is 1.57. The molecule has 0 aliphatic heterocycles. The Morgan fingerprint density at radius 1 is 1.25 bits per heavy atom. The number of fused-ring (bicyclic) bond motifs is 2. The van der Waals surface area contributed by atoms with Gasteiger partial charge < -0.3 is 5.11 Å². The molecule has 0 heterocycles. The van der Waals surface area contributed by atoms with E-state index in [2.05, 4.69) is 25.2 Å². The van der Waals surface area contributed by atoms with Crippen LogP contribution in [0.1, 0.15) is 39.2 Å². The Hall–Kier alpha value is -0.800. The van der Waals surface area contributed by atoms with Crippen LogP contribution in [0.2, 0.25) is 0 Å². The number of aliphatic hydroxyl groups is 1. The van der Waals surface area contributed by atoms with Crippen molar-refractivity contribution >= 4 is 18.2 Å². The van der Waals surface area contributed by atoms with E-state index in [1.165, 1.54) is 6.42 Å². The first-order chi connectivity index (χ1) is 9.47. The van der Waals surface area contributed by atoms with E-state index in [1.54, 1.807) is 11.9 Å². The molecule has 3 heteroatoms. The van der Waals surface area contributed by atoms with Crippen LogP contribution in [0.3, 0.4) is 0 Å². The molecule has 0 spiro atoms. The fourth-order valence-electron chi connectivity index (χ4n) is 4.08. The highest BCUT2D eigenvalue weighted by molar-refractivity contribution is 7.98. The molecule has 2 nitrogen and oxygen atoms in total. The van der Waals surface area contributed by atoms with Crippen molar-refractivity contribution in [1.29, 1.82) is 0 Å². The molecule has 20 heavy (non-hydrogen) atoms. The number of aliphatic hydroxyl groups excluding tert-OH is 1. The van der Waals surface area contributed by atoms with Gasteiger partial charge in [0.25, 0.3) is 0 Å². The third kappa shape index (κ3) is 1.94. The van der Waals surface area contributed by atoms with E-state index in [0.717, 1.165) is 12.0 Å². The monoisotopic (exact) mass is 289 g/mol. The lowest BCUT2D eigenvalue weighted by molar-refractivity contribution is 0.0148. The Labute approximate surface area is 125 Å². The summed E-state index contributed by atoms with van der Waals surface area (Å²) in [4.78, 5) is 0. The predicted octanol–water partition coefficient (Wildman–Crippen LogP) is 3.94. The fourth-order valence-corrected chi connectivity index (χ4v) is 5.44. The second-order valence-electron chi connectivity index (χ2n) is 6.94. The topological polar surface area (TPSA) is 32.6 Å². The highest BCUT2D eigenvalue weighted by atomic mass is 32.2. The molecule has 2 aliphatic carbocycles. The van der Waals surface area contributed by atoms with Crippen molar-refractivity contribution in [3.63, 3.8) is 0 Å². The summed E-state index contributed by atoms with van der Waals surface area (Å²) in [5.74, 6) is 0.570. The third-order valence-corrected chi connectivity index (χ3v) is 6.97. The predicted molar refractivity (Wildman–Crippen MR) is 86.0 cm³/mol. The Morgan fingerprint density at radius 2 is 1.95 bits per heavy atom. The lowest BCUT2D eigenvalue weighted by Crippen LogP contribution is -2.38. The summed E-state index contributed by atoms with van der Waals surface area (Å²) in [5, 5.41) is 10.9. The van der Waals surface area contributed by atoms with Gasteiger partial charge in [0.1, 0.15) is 0 Å². The summed E-state index contributed by atoms with van der Waals surface area (Å²) in [6.07, 6.45) is 4.03. The van der Waals surface area contributed by atoms with Crippen LogP contribution in [0.5, 0.6) is 0 Å². The molecule has 0 saturated heterocycles. The van der Waals surface area contributed by atoms with Crippen molar-refractivity contribution in [3.05, 3.63) is 35.9 Å². The van der Waals surface area contributed by atoms with Crippen molar-refractivity contribution in [1.82, 2.24) is 0 Å². The van der Waals surface area contributed by atoms with Crippen LogP contribution < -0.4 is 0 Å². The van der Waals surface area contributed by atoms with E-state index >= 15 is 0 Å². The minimum atomic E-state index is -0.242. The van der Waals surface area contributed by atoms with Gasteiger partial charge in [0.2, 0.25) is 0 Å². The van der Waals surface area contributed by atoms with Gasteiger partial charge in [-0.15, -0.1) is 0 Å². The molecule has 1 aromatic carbocycles. The third-order valence-electron chi connectivity index (χ3n) is 5.92.